The summed E-state index contributed by atoms with van der Waals surface area (Å²) in [5, 5.41) is 0. The second kappa shape index (κ2) is 8.13. The molecular formula is C16H25BrN2O. The van der Waals surface area contributed by atoms with Gasteiger partial charge in [-0.1, -0.05) is 34.1 Å². The quantitative estimate of drug-likeness (QED) is 0.862. The SMILES string of the molecule is CCOC1CCCN(CCC(N)c2ccccc2Br)C1. The molecule has 3 nitrogen and oxygen atoms in total. The van der Waals surface area contributed by atoms with Gasteiger partial charge in [-0.2, -0.15) is 0 Å². The number of likely N-dealkylation sites (tertiary alicyclic amines) is 1. The molecule has 2 rings (SSSR count). The second-order valence-electron chi connectivity index (χ2n) is 5.44. The molecule has 4 heteroatoms. The van der Waals surface area contributed by atoms with Crippen LogP contribution < -0.4 is 5.73 Å². The fourth-order valence-corrected chi connectivity index (χ4v) is 3.42. The van der Waals surface area contributed by atoms with Gasteiger partial charge in [0.1, 0.15) is 0 Å². The summed E-state index contributed by atoms with van der Waals surface area (Å²) in [5.41, 5.74) is 7.52. The number of ether oxygens (including phenoxy) is 1. The van der Waals surface area contributed by atoms with Crippen LogP contribution in [0.15, 0.2) is 28.7 Å². The van der Waals surface area contributed by atoms with Gasteiger partial charge in [-0.05, 0) is 44.4 Å². The Bertz CT molecular complexity index is 411. The Morgan fingerprint density at radius 1 is 1.45 bits per heavy atom. The minimum absolute atomic E-state index is 0.0954. The summed E-state index contributed by atoms with van der Waals surface area (Å²) in [6, 6.07) is 8.33. The van der Waals surface area contributed by atoms with Crippen molar-refractivity contribution in [2.75, 3.05) is 26.2 Å². The highest BCUT2D eigenvalue weighted by Crippen LogP contribution is 2.24. The number of hydrogen-bond donors (Lipinski definition) is 1. The summed E-state index contributed by atoms with van der Waals surface area (Å²) in [7, 11) is 0. The van der Waals surface area contributed by atoms with Crippen LogP contribution in [0.1, 0.15) is 37.8 Å². The summed E-state index contributed by atoms with van der Waals surface area (Å²) < 4.78 is 6.85. The van der Waals surface area contributed by atoms with Crippen LogP contribution in [0, 0.1) is 0 Å². The average molecular weight is 341 g/mol. The highest BCUT2D eigenvalue weighted by atomic mass is 79.9. The van der Waals surface area contributed by atoms with Crippen molar-refractivity contribution in [2.24, 2.45) is 5.73 Å². The van der Waals surface area contributed by atoms with Crippen molar-refractivity contribution in [3.63, 3.8) is 0 Å². The molecule has 0 spiro atoms. The zero-order valence-electron chi connectivity index (χ0n) is 12.2. The molecule has 0 aliphatic carbocycles. The van der Waals surface area contributed by atoms with E-state index in [0.29, 0.717) is 6.10 Å². The fourth-order valence-electron chi connectivity index (χ4n) is 2.84. The third kappa shape index (κ3) is 4.55. The summed E-state index contributed by atoms with van der Waals surface area (Å²) in [6.07, 6.45) is 3.82. The Labute approximate surface area is 130 Å². The third-order valence-corrected chi connectivity index (χ3v) is 4.65. The highest BCUT2D eigenvalue weighted by molar-refractivity contribution is 9.10. The molecule has 1 aliphatic heterocycles. The first kappa shape index (κ1) is 16.0. The lowest BCUT2D eigenvalue weighted by Crippen LogP contribution is -2.40. The second-order valence-corrected chi connectivity index (χ2v) is 6.29. The zero-order chi connectivity index (χ0) is 14.4. The van der Waals surface area contributed by atoms with E-state index in [-0.39, 0.29) is 6.04 Å². The van der Waals surface area contributed by atoms with Gasteiger partial charge in [0.2, 0.25) is 0 Å². The van der Waals surface area contributed by atoms with Gasteiger partial charge in [0.05, 0.1) is 6.10 Å². The average Bonchev–Trinajstić information content (AvgIpc) is 2.46. The van der Waals surface area contributed by atoms with Crippen molar-refractivity contribution in [1.29, 1.82) is 0 Å². The van der Waals surface area contributed by atoms with E-state index in [9.17, 15) is 0 Å². The molecule has 1 aliphatic rings. The maximum atomic E-state index is 6.32. The van der Waals surface area contributed by atoms with Gasteiger partial charge in [-0.25, -0.2) is 0 Å². The van der Waals surface area contributed by atoms with Crippen LogP contribution in [0.2, 0.25) is 0 Å². The summed E-state index contributed by atoms with van der Waals surface area (Å²) >= 11 is 3.58. The molecule has 0 radical (unpaired) electrons. The summed E-state index contributed by atoms with van der Waals surface area (Å²) in [6.45, 7) is 6.16. The predicted octanol–water partition coefficient (Wildman–Crippen LogP) is 3.34. The number of nitrogens with two attached hydrogens (primary N) is 1. The molecule has 1 fully saturated rings. The van der Waals surface area contributed by atoms with Crippen molar-refractivity contribution in [3.8, 4) is 0 Å². The molecule has 112 valence electrons. The predicted molar refractivity (Wildman–Crippen MR) is 86.8 cm³/mol. The van der Waals surface area contributed by atoms with Gasteiger partial charge < -0.3 is 15.4 Å². The van der Waals surface area contributed by atoms with E-state index in [0.717, 1.165) is 30.6 Å². The van der Waals surface area contributed by atoms with Crippen LogP contribution >= 0.6 is 15.9 Å². The van der Waals surface area contributed by atoms with E-state index in [1.54, 1.807) is 0 Å². The molecule has 2 unspecified atom stereocenters. The number of nitrogens with zero attached hydrogens (tertiary/aromatic N) is 1. The number of rotatable bonds is 6. The standard InChI is InChI=1S/C16H25BrN2O/c1-2-20-13-6-5-10-19(12-13)11-9-16(18)14-7-3-4-8-15(14)17/h3-4,7-8,13,16H,2,5-6,9-12,18H2,1H3. The van der Waals surface area contributed by atoms with Crippen LogP contribution in [0.5, 0.6) is 0 Å². The van der Waals surface area contributed by atoms with E-state index >= 15 is 0 Å². The Balaban J connectivity index is 1.81. The Hall–Kier alpha value is -0.420. The Kier molecular flexibility index (Phi) is 6.49. The number of piperidine rings is 1. The number of benzene rings is 1. The molecule has 1 saturated heterocycles. The van der Waals surface area contributed by atoms with Crippen molar-refractivity contribution >= 4 is 15.9 Å². The molecular weight excluding hydrogens is 316 g/mol. The minimum atomic E-state index is 0.0954. The largest absolute Gasteiger partial charge is 0.377 e. The van der Waals surface area contributed by atoms with Gasteiger partial charge in [0, 0.05) is 30.2 Å². The lowest BCUT2D eigenvalue weighted by atomic mass is 10.0. The Morgan fingerprint density at radius 2 is 2.25 bits per heavy atom. The molecule has 0 amide bonds. The lowest BCUT2D eigenvalue weighted by Gasteiger charge is -2.33. The summed E-state index contributed by atoms with van der Waals surface area (Å²) in [4.78, 5) is 2.49. The first-order valence-electron chi connectivity index (χ1n) is 7.54. The molecule has 20 heavy (non-hydrogen) atoms. The normalized spacial score (nSPS) is 21.9. The number of hydrogen-bond acceptors (Lipinski definition) is 3. The maximum Gasteiger partial charge on any atom is 0.0702 e. The van der Waals surface area contributed by atoms with Crippen LogP contribution in [-0.2, 0) is 4.74 Å². The van der Waals surface area contributed by atoms with Crippen molar-refractivity contribution in [2.45, 2.75) is 38.3 Å². The third-order valence-electron chi connectivity index (χ3n) is 3.93. The molecule has 2 atom stereocenters. The Morgan fingerprint density at radius 3 is 3.00 bits per heavy atom. The van der Waals surface area contributed by atoms with Crippen molar-refractivity contribution < 1.29 is 4.74 Å². The van der Waals surface area contributed by atoms with E-state index in [2.05, 4.69) is 39.9 Å². The smallest absolute Gasteiger partial charge is 0.0702 e. The van der Waals surface area contributed by atoms with E-state index in [1.165, 1.54) is 24.9 Å². The van der Waals surface area contributed by atoms with Crippen LogP contribution in [0.25, 0.3) is 0 Å². The molecule has 2 N–H and O–H groups in total. The van der Waals surface area contributed by atoms with E-state index in [4.69, 9.17) is 10.5 Å². The summed E-state index contributed by atoms with van der Waals surface area (Å²) in [5.74, 6) is 0. The fraction of sp³-hybridized carbons (Fsp3) is 0.625. The minimum Gasteiger partial charge on any atom is -0.377 e. The van der Waals surface area contributed by atoms with Gasteiger partial charge in [0.15, 0.2) is 0 Å². The van der Waals surface area contributed by atoms with Crippen molar-refractivity contribution in [3.05, 3.63) is 34.3 Å². The lowest BCUT2D eigenvalue weighted by molar-refractivity contribution is 0.00529. The molecule has 0 saturated carbocycles. The van der Waals surface area contributed by atoms with Crippen LogP contribution in [0.3, 0.4) is 0 Å². The van der Waals surface area contributed by atoms with Crippen LogP contribution in [0.4, 0.5) is 0 Å². The molecule has 0 aromatic heterocycles. The molecule has 1 aromatic rings. The van der Waals surface area contributed by atoms with Gasteiger partial charge >= 0.3 is 0 Å². The first-order valence-corrected chi connectivity index (χ1v) is 8.34. The van der Waals surface area contributed by atoms with Crippen LogP contribution in [-0.4, -0.2) is 37.2 Å². The molecule has 1 aromatic carbocycles. The highest BCUT2D eigenvalue weighted by Gasteiger charge is 2.20. The number of halogens is 1. The van der Waals surface area contributed by atoms with E-state index in [1.807, 2.05) is 12.1 Å². The topological polar surface area (TPSA) is 38.5 Å². The van der Waals surface area contributed by atoms with Gasteiger partial charge in [-0.3, -0.25) is 0 Å². The van der Waals surface area contributed by atoms with Crippen molar-refractivity contribution in [1.82, 2.24) is 4.90 Å². The van der Waals surface area contributed by atoms with Gasteiger partial charge in [0.25, 0.3) is 0 Å². The maximum absolute atomic E-state index is 6.32. The zero-order valence-corrected chi connectivity index (χ0v) is 13.8. The monoisotopic (exact) mass is 340 g/mol. The molecule has 1 heterocycles. The van der Waals surface area contributed by atoms with E-state index < -0.39 is 0 Å². The first-order chi connectivity index (χ1) is 9.70. The van der Waals surface area contributed by atoms with Gasteiger partial charge in [-0.15, -0.1) is 0 Å². The molecule has 0 bridgehead atoms.